The minimum atomic E-state index is -0.560. The molecule has 3 heterocycles. The molecule has 0 saturated carbocycles. The fourth-order valence-corrected chi connectivity index (χ4v) is 3.58. The summed E-state index contributed by atoms with van der Waals surface area (Å²) in [5.41, 5.74) is -0.560. The van der Waals surface area contributed by atoms with Gasteiger partial charge in [0.2, 0.25) is 5.91 Å². The minimum Gasteiger partial charge on any atom is -0.490 e. The van der Waals surface area contributed by atoms with E-state index < -0.39 is 17.7 Å². The van der Waals surface area contributed by atoms with Gasteiger partial charge in [0.05, 0.1) is 0 Å². The van der Waals surface area contributed by atoms with Crippen LogP contribution < -0.4 is 4.74 Å². The molecule has 2 amide bonds. The maximum absolute atomic E-state index is 13.0. The Bertz CT molecular complexity index is 651. The highest BCUT2D eigenvalue weighted by Gasteiger charge is 2.39. The number of hydrogen-bond donors (Lipinski definition) is 0. The first kappa shape index (κ1) is 19.5. The van der Waals surface area contributed by atoms with Crippen LogP contribution in [0.1, 0.15) is 46.5 Å². The van der Waals surface area contributed by atoms with Crippen LogP contribution in [0, 0.1) is 0 Å². The van der Waals surface area contributed by atoms with Gasteiger partial charge in [-0.3, -0.25) is 14.7 Å². The second-order valence-corrected chi connectivity index (χ2v) is 8.16. The van der Waals surface area contributed by atoms with Crippen LogP contribution in [0.3, 0.4) is 0 Å². The van der Waals surface area contributed by atoms with Crippen LogP contribution in [-0.2, 0) is 9.53 Å². The number of rotatable bonds is 3. The van der Waals surface area contributed by atoms with Gasteiger partial charge in [-0.2, -0.15) is 0 Å². The third kappa shape index (κ3) is 5.11. The molecule has 0 spiro atoms. The van der Waals surface area contributed by atoms with Crippen LogP contribution in [0.25, 0.3) is 0 Å². The van der Waals surface area contributed by atoms with Gasteiger partial charge < -0.3 is 14.4 Å². The number of carbonyl (C=O) groups is 2. The van der Waals surface area contributed by atoms with Crippen molar-refractivity contribution < 1.29 is 19.1 Å². The van der Waals surface area contributed by atoms with Gasteiger partial charge >= 0.3 is 6.09 Å². The molecule has 0 aromatic carbocycles. The monoisotopic (exact) mass is 375 g/mol. The van der Waals surface area contributed by atoms with Gasteiger partial charge in [-0.05, 0) is 45.7 Å². The summed E-state index contributed by atoms with van der Waals surface area (Å²) < 4.78 is 11.4. The molecule has 0 unspecified atom stereocenters. The number of aromatic nitrogens is 1. The molecular weight excluding hydrogens is 346 g/mol. The Kier molecular flexibility index (Phi) is 5.87. The molecule has 2 aliphatic rings. The predicted molar refractivity (Wildman–Crippen MR) is 100 cm³/mol. The third-order valence-electron chi connectivity index (χ3n) is 4.87. The van der Waals surface area contributed by atoms with E-state index in [0.29, 0.717) is 26.1 Å². The first-order valence-electron chi connectivity index (χ1n) is 9.68. The number of pyridine rings is 1. The lowest BCUT2D eigenvalue weighted by Crippen LogP contribution is -2.51. The van der Waals surface area contributed by atoms with E-state index in [1.165, 1.54) is 0 Å². The lowest BCUT2D eigenvalue weighted by molar-refractivity contribution is -0.137. The zero-order valence-corrected chi connectivity index (χ0v) is 16.4. The van der Waals surface area contributed by atoms with E-state index in [9.17, 15) is 9.59 Å². The van der Waals surface area contributed by atoms with Gasteiger partial charge in [0.25, 0.3) is 0 Å². The summed E-state index contributed by atoms with van der Waals surface area (Å²) in [4.78, 5) is 32.8. The molecule has 2 aliphatic heterocycles. The van der Waals surface area contributed by atoms with Gasteiger partial charge in [-0.15, -0.1) is 0 Å². The highest BCUT2D eigenvalue weighted by Crippen LogP contribution is 2.25. The highest BCUT2D eigenvalue weighted by molar-refractivity contribution is 5.86. The number of likely N-dealkylation sites (tertiary alicyclic amines) is 2. The molecule has 2 saturated heterocycles. The number of hydrogen-bond acceptors (Lipinski definition) is 5. The Morgan fingerprint density at radius 2 is 1.74 bits per heavy atom. The molecule has 0 radical (unpaired) electrons. The molecular formula is C20H29N3O4. The quantitative estimate of drug-likeness (QED) is 0.812. The van der Waals surface area contributed by atoms with Crippen LogP contribution in [0.2, 0.25) is 0 Å². The maximum Gasteiger partial charge on any atom is 0.410 e. The van der Waals surface area contributed by atoms with Crippen molar-refractivity contribution in [1.29, 1.82) is 0 Å². The van der Waals surface area contributed by atoms with Crippen molar-refractivity contribution in [2.75, 3.05) is 19.6 Å². The average molecular weight is 375 g/mol. The standard InChI is InChI=1S/C20H29N3O4/c1-20(2,3)27-19(25)23-12-4-5-17(23)18(24)22-13-8-16(9-14-22)26-15-6-10-21-11-7-15/h6-7,10-11,16-17H,4-5,8-9,12-14H2,1-3H3/t17-/m0/s1. The van der Waals surface area contributed by atoms with E-state index in [0.717, 1.165) is 25.0 Å². The van der Waals surface area contributed by atoms with E-state index in [2.05, 4.69) is 4.98 Å². The van der Waals surface area contributed by atoms with Crippen molar-refractivity contribution in [3.63, 3.8) is 0 Å². The Balaban J connectivity index is 1.53. The average Bonchev–Trinajstić information content (AvgIpc) is 3.11. The lowest BCUT2D eigenvalue weighted by Gasteiger charge is -2.35. The second-order valence-electron chi connectivity index (χ2n) is 8.16. The van der Waals surface area contributed by atoms with Crippen molar-refractivity contribution in [1.82, 2.24) is 14.8 Å². The molecule has 0 aliphatic carbocycles. The molecule has 27 heavy (non-hydrogen) atoms. The molecule has 2 fully saturated rings. The Hall–Kier alpha value is -2.31. The first-order chi connectivity index (χ1) is 12.8. The van der Waals surface area contributed by atoms with Crippen LogP contribution in [-0.4, -0.2) is 64.2 Å². The van der Waals surface area contributed by atoms with Crippen molar-refractivity contribution in [3.05, 3.63) is 24.5 Å². The number of ether oxygens (including phenoxy) is 2. The molecule has 7 heteroatoms. The van der Waals surface area contributed by atoms with E-state index in [-0.39, 0.29) is 12.0 Å². The minimum absolute atomic E-state index is 0.0284. The second kappa shape index (κ2) is 8.15. The Labute approximate surface area is 160 Å². The summed E-state index contributed by atoms with van der Waals surface area (Å²) in [5.74, 6) is 0.836. The highest BCUT2D eigenvalue weighted by atomic mass is 16.6. The number of piperidine rings is 1. The van der Waals surface area contributed by atoms with E-state index >= 15 is 0 Å². The zero-order chi connectivity index (χ0) is 19.4. The summed E-state index contributed by atoms with van der Waals surface area (Å²) in [6, 6.07) is 3.28. The molecule has 0 N–H and O–H groups in total. The lowest BCUT2D eigenvalue weighted by atomic mass is 10.1. The smallest absolute Gasteiger partial charge is 0.410 e. The van der Waals surface area contributed by atoms with Gasteiger partial charge in [-0.1, -0.05) is 0 Å². The molecule has 3 rings (SSSR count). The summed E-state index contributed by atoms with van der Waals surface area (Å²) >= 11 is 0. The molecule has 0 bridgehead atoms. The fourth-order valence-electron chi connectivity index (χ4n) is 3.58. The van der Waals surface area contributed by atoms with E-state index in [1.807, 2.05) is 37.8 Å². The van der Waals surface area contributed by atoms with E-state index in [4.69, 9.17) is 9.47 Å². The molecule has 1 aromatic rings. The number of amides is 2. The third-order valence-corrected chi connectivity index (χ3v) is 4.87. The SMILES string of the molecule is CC(C)(C)OC(=O)N1CCC[C@H]1C(=O)N1CCC(Oc2ccncc2)CC1. The summed E-state index contributed by atoms with van der Waals surface area (Å²) in [6.07, 6.45) is 6.22. The predicted octanol–water partition coefficient (Wildman–Crippen LogP) is 2.85. The number of carbonyl (C=O) groups excluding carboxylic acids is 2. The summed E-state index contributed by atoms with van der Waals surface area (Å²) in [6.45, 7) is 7.38. The normalized spacial score (nSPS) is 21.2. The van der Waals surface area contributed by atoms with Crippen LogP contribution in [0.4, 0.5) is 4.79 Å². The first-order valence-corrected chi connectivity index (χ1v) is 9.68. The van der Waals surface area contributed by atoms with E-state index in [1.54, 1.807) is 17.3 Å². The van der Waals surface area contributed by atoms with Crippen LogP contribution >= 0.6 is 0 Å². The molecule has 1 atom stereocenters. The Morgan fingerprint density at radius 1 is 1.07 bits per heavy atom. The van der Waals surface area contributed by atoms with Gasteiger partial charge in [0, 0.05) is 44.9 Å². The molecule has 148 valence electrons. The largest absolute Gasteiger partial charge is 0.490 e. The fraction of sp³-hybridized carbons (Fsp3) is 0.650. The van der Waals surface area contributed by atoms with Crippen LogP contribution in [0.15, 0.2) is 24.5 Å². The maximum atomic E-state index is 13.0. The van der Waals surface area contributed by atoms with Gasteiger partial charge in [0.1, 0.15) is 23.5 Å². The van der Waals surface area contributed by atoms with Crippen molar-refractivity contribution in [2.45, 2.75) is 64.2 Å². The van der Waals surface area contributed by atoms with Gasteiger partial charge in [0.15, 0.2) is 0 Å². The topological polar surface area (TPSA) is 72.0 Å². The number of nitrogens with zero attached hydrogens (tertiary/aromatic N) is 3. The van der Waals surface area contributed by atoms with Crippen molar-refractivity contribution in [2.24, 2.45) is 0 Å². The molecule has 1 aromatic heterocycles. The zero-order valence-electron chi connectivity index (χ0n) is 16.4. The van der Waals surface area contributed by atoms with Gasteiger partial charge in [-0.25, -0.2) is 4.79 Å². The van der Waals surface area contributed by atoms with Crippen LogP contribution in [0.5, 0.6) is 5.75 Å². The van der Waals surface area contributed by atoms with Crippen molar-refractivity contribution in [3.8, 4) is 5.75 Å². The Morgan fingerprint density at radius 3 is 2.37 bits per heavy atom. The summed E-state index contributed by atoms with van der Waals surface area (Å²) in [7, 11) is 0. The molecule has 7 nitrogen and oxygen atoms in total. The summed E-state index contributed by atoms with van der Waals surface area (Å²) in [5, 5.41) is 0. The van der Waals surface area contributed by atoms with Crippen molar-refractivity contribution >= 4 is 12.0 Å².